The number of hydrogen-bond donors (Lipinski definition) is 1. The molecular formula is C19H21ClN3OS2+. The number of quaternary nitrogens is 1. The van der Waals surface area contributed by atoms with E-state index in [0.29, 0.717) is 0 Å². The zero-order valence-corrected chi connectivity index (χ0v) is 17.1. The molecule has 0 radical (unpaired) electrons. The molecule has 1 fully saturated rings. The zero-order chi connectivity index (χ0) is 18.1. The average molecular weight is 407 g/mol. The summed E-state index contributed by atoms with van der Waals surface area (Å²) in [5.74, 6) is 0.913. The maximum Gasteiger partial charge on any atom is 0.217 e. The van der Waals surface area contributed by atoms with Crippen LogP contribution in [0.2, 0.25) is 5.02 Å². The summed E-state index contributed by atoms with van der Waals surface area (Å²) in [5, 5.41) is 3.00. The van der Waals surface area contributed by atoms with Gasteiger partial charge < -0.3 is 15.0 Å². The molecule has 4 rings (SSSR count). The quantitative estimate of drug-likeness (QED) is 0.655. The van der Waals surface area contributed by atoms with E-state index in [1.54, 1.807) is 23.1 Å². The molecule has 136 valence electrons. The Morgan fingerprint density at radius 1 is 1.27 bits per heavy atom. The number of nitrogens with two attached hydrogens (primary N) is 1. The minimum atomic E-state index is 0.0889. The summed E-state index contributed by atoms with van der Waals surface area (Å²) in [6, 6.07) is 14.5. The van der Waals surface area contributed by atoms with E-state index in [2.05, 4.69) is 53.6 Å². The van der Waals surface area contributed by atoms with Gasteiger partial charge in [0.2, 0.25) is 6.23 Å². The molecule has 4 nitrogen and oxygen atoms in total. The number of ether oxygens (including phenoxy) is 1. The van der Waals surface area contributed by atoms with E-state index in [1.807, 2.05) is 18.2 Å². The number of thioether (sulfide) groups is 1. The summed E-state index contributed by atoms with van der Waals surface area (Å²) >= 11 is 9.52. The van der Waals surface area contributed by atoms with E-state index in [1.165, 1.54) is 16.0 Å². The SMILES string of the molecule is CN(C)c1ccc([C@H]2[NH2+]C[C@@H](CSc3nc4cc(Cl)ccc4s3)O2)cc1. The molecule has 0 spiro atoms. The molecule has 1 aliphatic rings. The predicted octanol–water partition coefficient (Wildman–Crippen LogP) is 3.77. The molecule has 2 heterocycles. The van der Waals surface area contributed by atoms with Gasteiger partial charge >= 0.3 is 0 Å². The van der Waals surface area contributed by atoms with E-state index in [4.69, 9.17) is 16.3 Å². The number of rotatable bonds is 5. The molecule has 2 aromatic carbocycles. The van der Waals surface area contributed by atoms with Crippen molar-refractivity contribution < 1.29 is 10.1 Å². The predicted molar refractivity (Wildman–Crippen MR) is 111 cm³/mol. The molecule has 26 heavy (non-hydrogen) atoms. The molecule has 1 aliphatic heterocycles. The van der Waals surface area contributed by atoms with Gasteiger partial charge in [-0.2, -0.15) is 0 Å². The van der Waals surface area contributed by atoms with Gasteiger partial charge in [0, 0.05) is 36.1 Å². The lowest BCUT2D eigenvalue weighted by Gasteiger charge is -2.14. The molecule has 7 heteroatoms. The Labute approximate surface area is 166 Å². The van der Waals surface area contributed by atoms with Crippen LogP contribution in [0.5, 0.6) is 0 Å². The summed E-state index contributed by atoms with van der Waals surface area (Å²) in [5.41, 5.74) is 3.40. The third kappa shape index (κ3) is 4.00. The van der Waals surface area contributed by atoms with Gasteiger partial charge in [-0.1, -0.05) is 23.4 Å². The first-order valence-electron chi connectivity index (χ1n) is 8.53. The first-order chi connectivity index (χ1) is 12.6. The third-order valence-corrected chi connectivity index (χ3v) is 6.96. The Morgan fingerprint density at radius 3 is 2.85 bits per heavy atom. The van der Waals surface area contributed by atoms with Gasteiger partial charge in [0.05, 0.1) is 10.2 Å². The maximum absolute atomic E-state index is 6.23. The fraction of sp³-hybridized carbons (Fsp3) is 0.316. The minimum Gasteiger partial charge on any atom is -0.378 e. The molecule has 1 aromatic heterocycles. The van der Waals surface area contributed by atoms with E-state index in [-0.39, 0.29) is 12.3 Å². The van der Waals surface area contributed by atoms with Crippen LogP contribution in [0.1, 0.15) is 11.8 Å². The standard InChI is InChI=1S/C19H20ClN3OS2/c1-23(2)14-6-3-12(4-7-14)18-21-10-15(24-18)11-25-19-22-16-9-13(20)5-8-17(16)26-19/h3-9,15,18,21H,10-11H2,1-2H3/p+1/t15-,18-/m0/s1. The van der Waals surface area contributed by atoms with Crippen LogP contribution in [-0.4, -0.2) is 37.5 Å². The molecule has 0 amide bonds. The van der Waals surface area contributed by atoms with E-state index >= 15 is 0 Å². The molecular weight excluding hydrogens is 386 g/mol. The number of benzene rings is 2. The summed E-state index contributed by atoms with van der Waals surface area (Å²) < 4.78 is 8.48. The smallest absolute Gasteiger partial charge is 0.217 e. The Bertz CT molecular complexity index is 897. The second-order valence-electron chi connectivity index (χ2n) is 6.54. The van der Waals surface area contributed by atoms with E-state index in [9.17, 15) is 0 Å². The summed E-state index contributed by atoms with van der Waals surface area (Å²) in [6.07, 6.45) is 0.320. The molecule has 2 N–H and O–H groups in total. The van der Waals surface area contributed by atoms with Crippen LogP contribution in [0.3, 0.4) is 0 Å². The van der Waals surface area contributed by atoms with Crippen LogP contribution in [0.4, 0.5) is 5.69 Å². The topological polar surface area (TPSA) is 42.0 Å². The van der Waals surface area contributed by atoms with Gasteiger partial charge in [-0.15, -0.1) is 11.3 Å². The Balaban J connectivity index is 1.35. The lowest BCUT2D eigenvalue weighted by molar-refractivity contribution is -0.697. The first kappa shape index (κ1) is 18.1. The van der Waals surface area contributed by atoms with Gasteiger partial charge in [0.15, 0.2) is 4.34 Å². The fourth-order valence-electron chi connectivity index (χ4n) is 2.98. The lowest BCUT2D eigenvalue weighted by atomic mass is 10.2. The Kier molecular flexibility index (Phi) is 5.38. The summed E-state index contributed by atoms with van der Waals surface area (Å²) in [4.78, 5) is 6.77. The number of aromatic nitrogens is 1. The number of halogens is 1. The third-order valence-electron chi connectivity index (χ3n) is 4.41. The van der Waals surface area contributed by atoms with Crippen LogP contribution >= 0.6 is 34.7 Å². The van der Waals surface area contributed by atoms with Crippen molar-refractivity contribution in [2.75, 3.05) is 31.3 Å². The second kappa shape index (κ2) is 7.74. The van der Waals surface area contributed by atoms with Crippen molar-refractivity contribution in [1.82, 2.24) is 4.98 Å². The number of hydrogen-bond acceptors (Lipinski definition) is 5. The maximum atomic E-state index is 6.23. The van der Waals surface area contributed by atoms with Gasteiger partial charge in [-0.3, -0.25) is 0 Å². The van der Waals surface area contributed by atoms with E-state index < -0.39 is 0 Å². The van der Waals surface area contributed by atoms with Crippen molar-refractivity contribution in [2.24, 2.45) is 0 Å². The minimum absolute atomic E-state index is 0.0889. The normalized spacial score (nSPS) is 20.0. The largest absolute Gasteiger partial charge is 0.378 e. The van der Waals surface area contributed by atoms with Crippen LogP contribution in [0.15, 0.2) is 46.8 Å². The van der Waals surface area contributed by atoms with Crippen molar-refractivity contribution in [1.29, 1.82) is 0 Å². The van der Waals surface area contributed by atoms with Gasteiger partial charge in [-0.05, 0) is 42.5 Å². The second-order valence-corrected chi connectivity index (χ2v) is 9.27. The molecule has 1 saturated heterocycles. The highest BCUT2D eigenvalue weighted by Crippen LogP contribution is 2.32. The molecule has 2 atom stereocenters. The van der Waals surface area contributed by atoms with Crippen molar-refractivity contribution in [3.63, 3.8) is 0 Å². The Hall–Kier alpha value is -1.31. The van der Waals surface area contributed by atoms with Crippen LogP contribution in [0, 0.1) is 0 Å². The highest BCUT2D eigenvalue weighted by atomic mass is 35.5. The zero-order valence-electron chi connectivity index (χ0n) is 14.7. The van der Waals surface area contributed by atoms with Crippen LogP contribution < -0.4 is 10.2 Å². The number of nitrogens with zero attached hydrogens (tertiary/aromatic N) is 2. The molecule has 0 unspecified atom stereocenters. The van der Waals surface area contributed by atoms with Crippen molar-refractivity contribution in [3.05, 3.63) is 53.1 Å². The number of fused-ring (bicyclic) bond motifs is 1. The van der Waals surface area contributed by atoms with E-state index in [0.717, 1.165) is 27.2 Å². The monoisotopic (exact) mass is 406 g/mol. The lowest BCUT2D eigenvalue weighted by Crippen LogP contribution is -2.82. The summed E-state index contributed by atoms with van der Waals surface area (Å²) in [7, 11) is 4.10. The van der Waals surface area contributed by atoms with Crippen molar-refractivity contribution in [2.45, 2.75) is 16.7 Å². The highest BCUT2D eigenvalue weighted by molar-refractivity contribution is 8.01. The van der Waals surface area contributed by atoms with Gasteiger partial charge in [-0.25, -0.2) is 4.98 Å². The molecule has 0 bridgehead atoms. The highest BCUT2D eigenvalue weighted by Gasteiger charge is 2.30. The van der Waals surface area contributed by atoms with Gasteiger partial charge in [0.25, 0.3) is 0 Å². The Morgan fingerprint density at radius 2 is 2.08 bits per heavy atom. The number of anilines is 1. The van der Waals surface area contributed by atoms with Crippen LogP contribution in [0.25, 0.3) is 10.2 Å². The van der Waals surface area contributed by atoms with Crippen molar-refractivity contribution in [3.8, 4) is 0 Å². The molecule has 3 aromatic rings. The van der Waals surface area contributed by atoms with Crippen molar-refractivity contribution >= 4 is 50.6 Å². The first-order valence-corrected chi connectivity index (χ1v) is 10.7. The van der Waals surface area contributed by atoms with Crippen LogP contribution in [-0.2, 0) is 4.74 Å². The number of thiazole rings is 1. The average Bonchev–Trinajstić information content (AvgIpc) is 3.26. The summed E-state index contributed by atoms with van der Waals surface area (Å²) in [6.45, 7) is 0.976. The fourth-order valence-corrected chi connectivity index (χ4v) is 5.24. The molecule has 0 saturated carbocycles. The molecule has 0 aliphatic carbocycles. The van der Waals surface area contributed by atoms with Gasteiger partial charge in [0.1, 0.15) is 12.6 Å².